The number of aliphatic hydroxyl groups is 3. The minimum Gasteiger partial charge on any atom is -0.505 e. The van der Waals surface area contributed by atoms with Gasteiger partial charge in [0, 0.05) is 19.6 Å². The van der Waals surface area contributed by atoms with Crippen molar-refractivity contribution in [2.45, 2.75) is 141 Å². The molecular formula is C30H55NO6. The molecule has 0 aromatic heterocycles. The minimum atomic E-state index is -0.879. The summed E-state index contributed by atoms with van der Waals surface area (Å²) in [5.41, 5.74) is 0. The monoisotopic (exact) mass is 525 g/mol. The average molecular weight is 526 g/mol. The number of carbonyl (C=O) groups is 1. The highest BCUT2D eigenvalue weighted by Crippen LogP contribution is 2.19. The molecule has 1 atom stereocenters. The van der Waals surface area contributed by atoms with Gasteiger partial charge in [-0.15, -0.1) is 0 Å². The van der Waals surface area contributed by atoms with Crippen molar-refractivity contribution in [3.8, 4) is 0 Å². The van der Waals surface area contributed by atoms with Crippen molar-refractivity contribution in [1.82, 2.24) is 5.32 Å². The average Bonchev–Trinajstić information content (AvgIpc) is 2.89. The van der Waals surface area contributed by atoms with E-state index >= 15 is 0 Å². The molecular weight excluding hydrogens is 470 g/mol. The number of carbonyl (C=O) groups excluding carboxylic acids is 1. The number of rotatable bonds is 25. The number of amides is 1. The number of hydrogen-bond acceptors (Lipinski definition) is 6. The van der Waals surface area contributed by atoms with Crippen molar-refractivity contribution in [1.29, 1.82) is 0 Å². The summed E-state index contributed by atoms with van der Waals surface area (Å²) in [6, 6.07) is 0. The third-order valence-electron chi connectivity index (χ3n) is 6.95. The maximum Gasteiger partial charge on any atom is 0.220 e. The van der Waals surface area contributed by atoms with Crippen molar-refractivity contribution in [3.05, 3.63) is 23.5 Å². The summed E-state index contributed by atoms with van der Waals surface area (Å²) in [6.45, 7) is 4.15. The summed E-state index contributed by atoms with van der Waals surface area (Å²) in [5.74, 6) is -1.72. The van der Waals surface area contributed by atoms with Crippen LogP contribution in [0.1, 0.15) is 135 Å². The first-order valence-electron chi connectivity index (χ1n) is 15.1. The van der Waals surface area contributed by atoms with Gasteiger partial charge in [0.05, 0.1) is 6.54 Å². The fourth-order valence-electron chi connectivity index (χ4n) is 4.51. The van der Waals surface area contributed by atoms with Crippen LogP contribution in [0.3, 0.4) is 0 Å². The lowest BCUT2D eigenvalue weighted by molar-refractivity contribution is -0.121. The van der Waals surface area contributed by atoms with Gasteiger partial charge < -0.3 is 30.1 Å². The molecule has 0 radical (unpaired) electrons. The molecule has 0 spiro atoms. The summed E-state index contributed by atoms with van der Waals surface area (Å²) < 4.78 is 10.9. The molecule has 37 heavy (non-hydrogen) atoms. The lowest BCUT2D eigenvalue weighted by Gasteiger charge is -2.21. The Bertz CT molecular complexity index is 634. The van der Waals surface area contributed by atoms with Crippen molar-refractivity contribution < 1.29 is 29.6 Å². The highest BCUT2D eigenvalue weighted by Gasteiger charge is 2.25. The zero-order chi connectivity index (χ0) is 27.0. The summed E-state index contributed by atoms with van der Waals surface area (Å²) in [7, 11) is 0. The quantitative estimate of drug-likeness (QED) is 0.0898. The fourth-order valence-corrected chi connectivity index (χ4v) is 4.51. The maximum atomic E-state index is 11.9. The molecule has 216 valence electrons. The van der Waals surface area contributed by atoms with E-state index in [4.69, 9.17) is 9.47 Å². The molecule has 1 heterocycles. The summed E-state index contributed by atoms with van der Waals surface area (Å²) in [4.78, 5) is 11.9. The van der Waals surface area contributed by atoms with Crippen LogP contribution in [-0.4, -0.2) is 47.1 Å². The number of unbranched alkanes of at least 4 members (excludes halogenated alkanes) is 17. The van der Waals surface area contributed by atoms with Gasteiger partial charge in [-0.2, -0.15) is 0 Å². The largest absolute Gasteiger partial charge is 0.505 e. The maximum absolute atomic E-state index is 11.9. The Labute approximate surface area is 225 Å². The highest BCUT2D eigenvalue weighted by atomic mass is 16.5. The van der Waals surface area contributed by atoms with E-state index in [1.165, 1.54) is 103 Å². The number of nitrogens with one attached hydrogen (secondary N) is 1. The SMILES string of the molecule is CCCCCCCCCCCCOCCCCCCCCCCCC(=O)NCC1OC=C(O)C(O)=C1O. The van der Waals surface area contributed by atoms with E-state index in [2.05, 4.69) is 12.2 Å². The first-order valence-corrected chi connectivity index (χ1v) is 15.1. The Kier molecular flexibility index (Phi) is 20.8. The van der Waals surface area contributed by atoms with Gasteiger partial charge in [-0.25, -0.2) is 0 Å². The van der Waals surface area contributed by atoms with Crippen LogP contribution in [0.15, 0.2) is 23.5 Å². The predicted molar refractivity (Wildman–Crippen MR) is 150 cm³/mol. The molecule has 0 fully saturated rings. The fraction of sp³-hybridized carbons (Fsp3) is 0.833. The summed E-state index contributed by atoms with van der Waals surface area (Å²) >= 11 is 0. The topological polar surface area (TPSA) is 108 Å². The van der Waals surface area contributed by atoms with Gasteiger partial charge in [0.15, 0.2) is 17.6 Å². The molecule has 7 heteroatoms. The third kappa shape index (κ3) is 18.1. The smallest absolute Gasteiger partial charge is 0.220 e. The number of hydrogen-bond donors (Lipinski definition) is 4. The van der Waals surface area contributed by atoms with Crippen LogP contribution in [0.5, 0.6) is 0 Å². The molecule has 1 amide bonds. The summed E-state index contributed by atoms with van der Waals surface area (Å²) in [6.07, 6.45) is 24.6. The molecule has 0 aliphatic carbocycles. The van der Waals surface area contributed by atoms with Gasteiger partial charge in [0.25, 0.3) is 0 Å². The van der Waals surface area contributed by atoms with Gasteiger partial charge in [-0.3, -0.25) is 4.79 Å². The lowest BCUT2D eigenvalue weighted by atomic mass is 10.1. The Balaban J connectivity index is 1.76. The molecule has 1 aliphatic rings. The van der Waals surface area contributed by atoms with Gasteiger partial charge in [0.1, 0.15) is 6.26 Å². The van der Waals surface area contributed by atoms with Crippen molar-refractivity contribution in [3.63, 3.8) is 0 Å². The van der Waals surface area contributed by atoms with Gasteiger partial charge in [-0.1, -0.05) is 110 Å². The van der Waals surface area contributed by atoms with Gasteiger partial charge >= 0.3 is 0 Å². The second-order valence-electron chi connectivity index (χ2n) is 10.4. The molecule has 1 unspecified atom stereocenters. The first-order chi connectivity index (χ1) is 18.1. The number of ether oxygens (including phenoxy) is 2. The zero-order valence-corrected chi connectivity index (χ0v) is 23.5. The molecule has 0 aromatic carbocycles. The summed E-state index contributed by atoms with van der Waals surface area (Å²) in [5, 5.41) is 31.2. The molecule has 7 nitrogen and oxygen atoms in total. The number of aliphatic hydroxyl groups excluding tert-OH is 3. The van der Waals surface area contributed by atoms with E-state index in [0.29, 0.717) is 6.42 Å². The lowest BCUT2D eigenvalue weighted by Crippen LogP contribution is -2.35. The molecule has 0 aromatic rings. The van der Waals surface area contributed by atoms with Crippen LogP contribution in [-0.2, 0) is 14.3 Å². The van der Waals surface area contributed by atoms with E-state index in [1.54, 1.807) is 0 Å². The molecule has 0 saturated heterocycles. The second-order valence-corrected chi connectivity index (χ2v) is 10.4. The Morgan fingerprint density at radius 3 is 1.73 bits per heavy atom. The Morgan fingerprint density at radius 1 is 0.757 bits per heavy atom. The first kappa shape index (κ1) is 33.1. The predicted octanol–water partition coefficient (Wildman–Crippen LogP) is 8.07. The molecule has 0 saturated carbocycles. The molecule has 4 N–H and O–H groups in total. The van der Waals surface area contributed by atoms with E-state index in [-0.39, 0.29) is 12.5 Å². The van der Waals surface area contributed by atoms with Crippen LogP contribution in [0.2, 0.25) is 0 Å². The zero-order valence-electron chi connectivity index (χ0n) is 23.5. The van der Waals surface area contributed by atoms with Crippen LogP contribution in [0, 0.1) is 0 Å². The van der Waals surface area contributed by atoms with Crippen molar-refractivity contribution in [2.75, 3.05) is 19.8 Å². The van der Waals surface area contributed by atoms with E-state index in [0.717, 1.165) is 38.7 Å². The normalized spacial score (nSPS) is 15.5. The Hall–Kier alpha value is -1.89. The van der Waals surface area contributed by atoms with Gasteiger partial charge in [-0.05, 0) is 19.3 Å². The molecule has 1 aliphatic heterocycles. The van der Waals surface area contributed by atoms with Crippen LogP contribution < -0.4 is 5.32 Å². The van der Waals surface area contributed by atoms with Crippen LogP contribution >= 0.6 is 0 Å². The van der Waals surface area contributed by atoms with Crippen molar-refractivity contribution >= 4 is 5.91 Å². The van der Waals surface area contributed by atoms with Crippen LogP contribution in [0.4, 0.5) is 0 Å². The van der Waals surface area contributed by atoms with E-state index in [9.17, 15) is 20.1 Å². The Morgan fingerprint density at radius 2 is 1.22 bits per heavy atom. The minimum absolute atomic E-state index is 0.0445. The third-order valence-corrected chi connectivity index (χ3v) is 6.95. The second kappa shape index (κ2) is 23.2. The van der Waals surface area contributed by atoms with Crippen molar-refractivity contribution in [2.24, 2.45) is 0 Å². The standard InChI is InChI=1S/C30H55NO6/c1-2-3-4-5-6-7-10-13-16-19-22-36-23-20-17-14-11-8-9-12-15-18-21-28(33)31-24-27-30(35)29(34)26(32)25-37-27/h25,27,32,34-35H,2-24H2,1H3,(H,31,33). The highest BCUT2D eigenvalue weighted by molar-refractivity contribution is 5.75. The molecule has 1 rings (SSSR count). The van der Waals surface area contributed by atoms with E-state index < -0.39 is 23.4 Å². The van der Waals surface area contributed by atoms with Gasteiger partial charge in [0.2, 0.25) is 11.7 Å². The molecule has 0 bridgehead atoms. The van der Waals surface area contributed by atoms with Crippen LogP contribution in [0.25, 0.3) is 0 Å². The van der Waals surface area contributed by atoms with E-state index in [1.807, 2.05) is 0 Å².